The number of hydrogen-bond acceptors (Lipinski definition) is 1. The third-order valence-corrected chi connectivity index (χ3v) is 2.35. The summed E-state index contributed by atoms with van der Waals surface area (Å²) in [6.45, 7) is 6.54. The highest BCUT2D eigenvalue weighted by atomic mass is 15.0. The van der Waals surface area contributed by atoms with E-state index in [1.807, 2.05) is 0 Å². The van der Waals surface area contributed by atoms with E-state index in [0.717, 1.165) is 12.1 Å². The molecule has 0 spiro atoms. The zero-order valence-electron chi connectivity index (χ0n) is 8.99. The number of rotatable bonds is 2. The molecular weight excluding hydrogens is 172 g/mol. The van der Waals surface area contributed by atoms with Gasteiger partial charge in [-0.2, -0.15) is 0 Å². The largest absolute Gasteiger partial charge is 0.307 e. The number of fused-ring (bicyclic) bond motifs is 1. The molecule has 0 N–H and O–H groups in total. The summed E-state index contributed by atoms with van der Waals surface area (Å²) in [5.74, 6) is 0.667. The quantitative estimate of drug-likeness (QED) is 0.708. The Morgan fingerprint density at radius 1 is 1.43 bits per heavy atom. The molecule has 0 aliphatic heterocycles. The fourth-order valence-electron chi connectivity index (χ4n) is 1.72. The Balaban J connectivity index is 2.46. The summed E-state index contributed by atoms with van der Waals surface area (Å²) in [6.07, 6.45) is 5.24. The number of imidazole rings is 1. The third-order valence-electron chi connectivity index (χ3n) is 2.35. The van der Waals surface area contributed by atoms with Gasteiger partial charge < -0.3 is 4.40 Å². The lowest BCUT2D eigenvalue weighted by Crippen LogP contribution is -1.93. The molecule has 2 nitrogen and oxygen atoms in total. The molecule has 0 atom stereocenters. The van der Waals surface area contributed by atoms with Crippen molar-refractivity contribution >= 4 is 5.65 Å². The lowest BCUT2D eigenvalue weighted by molar-refractivity contribution is 0.638. The van der Waals surface area contributed by atoms with Crippen molar-refractivity contribution in [1.82, 2.24) is 9.38 Å². The first-order valence-corrected chi connectivity index (χ1v) is 5.10. The molecule has 74 valence electrons. The molecule has 0 fully saturated rings. The van der Waals surface area contributed by atoms with E-state index in [0.29, 0.717) is 5.92 Å². The minimum absolute atomic E-state index is 0.667. The van der Waals surface area contributed by atoms with E-state index in [9.17, 15) is 0 Å². The van der Waals surface area contributed by atoms with Crippen LogP contribution in [-0.2, 0) is 6.42 Å². The van der Waals surface area contributed by atoms with Crippen LogP contribution in [0.3, 0.4) is 0 Å². The van der Waals surface area contributed by atoms with E-state index >= 15 is 0 Å². The minimum atomic E-state index is 0.667. The molecule has 2 aromatic heterocycles. The molecule has 0 bridgehead atoms. The summed E-state index contributed by atoms with van der Waals surface area (Å²) < 4.78 is 2.10. The van der Waals surface area contributed by atoms with Crippen molar-refractivity contribution in [2.45, 2.75) is 27.2 Å². The van der Waals surface area contributed by atoms with E-state index in [1.165, 1.54) is 11.3 Å². The molecule has 14 heavy (non-hydrogen) atoms. The van der Waals surface area contributed by atoms with Crippen LogP contribution in [0.2, 0.25) is 0 Å². The van der Waals surface area contributed by atoms with Crippen LogP contribution in [0.5, 0.6) is 0 Å². The molecule has 2 aromatic rings. The predicted molar refractivity (Wildman–Crippen MR) is 58.5 cm³/mol. The summed E-state index contributed by atoms with van der Waals surface area (Å²) in [7, 11) is 0. The van der Waals surface area contributed by atoms with Crippen molar-refractivity contribution < 1.29 is 0 Å². The first kappa shape index (κ1) is 9.25. The highest BCUT2D eigenvalue weighted by molar-refractivity contribution is 5.47. The molecule has 2 heterocycles. The summed E-state index contributed by atoms with van der Waals surface area (Å²) >= 11 is 0. The third kappa shape index (κ3) is 1.65. The fraction of sp³-hybridized carbons (Fsp3) is 0.417. The maximum atomic E-state index is 4.62. The lowest BCUT2D eigenvalue weighted by Gasteiger charge is -1.97. The van der Waals surface area contributed by atoms with Gasteiger partial charge in [0.2, 0.25) is 0 Å². The molecule has 0 amide bonds. The first-order valence-electron chi connectivity index (χ1n) is 5.10. The van der Waals surface area contributed by atoms with Crippen LogP contribution in [0, 0.1) is 12.8 Å². The van der Waals surface area contributed by atoms with Gasteiger partial charge in [0.15, 0.2) is 0 Å². The Morgan fingerprint density at radius 3 is 2.86 bits per heavy atom. The van der Waals surface area contributed by atoms with E-state index in [4.69, 9.17) is 0 Å². The van der Waals surface area contributed by atoms with Crippen LogP contribution >= 0.6 is 0 Å². The van der Waals surface area contributed by atoms with E-state index in [2.05, 4.69) is 54.7 Å². The second-order valence-corrected chi connectivity index (χ2v) is 4.25. The van der Waals surface area contributed by atoms with Crippen molar-refractivity contribution in [1.29, 1.82) is 0 Å². The zero-order valence-corrected chi connectivity index (χ0v) is 8.99. The number of hydrogen-bond donors (Lipinski definition) is 0. The maximum Gasteiger partial charge on any atom is 0.139 e. The molecule has 2 rings (SSSR count). The van der Waals surface area contributed by atoms with Gasteiger partial charge in [-0.25, -0.2) is 4.98 Å². The number of pyridine rings is 1. The van der Waals surface area contributed by atoms with Gasteiger partial charge in [0.25, 0.3) is 0 Å². The highest BCUT2D eigenvalue weighted by Gasteiger charge is 2.04. The average Bonchev–Trinajstić information content (AvgIpc) is 2.47. The number of aromatic nitrogens is 2. The Hall–Kier alpha value is -1.31. The summed E-state index contributed by atoms with van der Waals surface area (Å²) in [5.41, 5.74) is 3.51. The van der Waals surface area contributed by atoms with E-state index in [1.54, 1.807) is 0 Å². The van der Waals surface area contributed by atoms with E-state index < -0.39 is 0 Å². The number of aryl methyl sites for hydroxylation is 1. The van der Waals surface area contributed by atoms with Crippen molar-refractivity contribution in [2.75, 3.05) is 0 Å². The van der Waals surface area contributed by atoms with Gasteiger partial charge in [0.1, 0.15) is 5.65 Å². The Labute approximate surface area is 84.6 Å². The molecule has 0 aromatic carbocycles. The molecule has 0 saturated carbocycles. The standard InChI is InChI=1S/C12H16N2/c1-9(2)7-11-8-14-6-4-5-10(3)12(14)13-11/h4-6,8-9H,7H2,1-3H3. The molecular formula is C12H16N2. The van der Waals surface area contributed by atoms with Crippen LogP contribution in [0.1, 0.15) is 25.1 Å². The normalized spacial score (nSPS) is 11.4. The molecule has 0 unspecified atom stereocenters. The van der Waals surface area contributed by atoms with Gasteiger partial charge in [0, 0.05) is 12.4 Å². The monoisotopic (exact) mass is 188 g/mol. The molecule has 0 radical (unpaired) electrons. The average molecular weight is 188 g/mol. The maximum absolute atomic E-state index is 4.62. The lowest BCUT2D eigenvalue weighted by atomic mass is 10.1. The molecule has 0 aliphatic carbocycles. The van der Waals surface area contributed by atoms with E-state index in [-0.39, 0.29) is 0 Å². The predicted octanol–water partition coefficient (Wildman–Crippen LogP) is 2.84. The Bertz CT molecular complexity index is 441. The summed E-state index contributed by atoms with van der Waals surface area (Å²) in [4.78, 5) is 4.62. The first-order chi connectivity index (χ1) is 6.66. The zero-order chi connectivity index (χ0) is 10.1. The summed E-state index contributed by atoms with van der Waals surface area (Å²) in [6, 6.07) is 4.16. The second kappa shape index (κ2) is 3.45. The van der Waals surface area contributed by atoms with Crippen molar-refractivity contribution in [3.05, 3.63) is 35.8 Å². The smallest absolute Gasteiger partial charge is 0.139 e. The van der Waals surface area contributed by atoms with Gasteiger partial charge in [-0.3, -0.25) is 0 Å². The molecule has 2 heteroatoms. The van der Waals surface area contributed by atoms with Crippen molar-refractivity contribution in [2.24, 2.45) is 5.92 Å². The van der Waals surface area contributed by atoms with Gasteiger partial charge in [-0.1, -0.05) is 19.9 Å². The van der Waals surface area contributed by atoms with Gasteiger partial charge in [-0.05, 0) is 30.9 Å². The van der Waals surface area contributed by atoms with Crippen LogP contribution in [0.15, 0.2) is 24.5 Å². The number of nitrogens with zero attached hydrogens (tertiary/aromatic N) is 2. The van der Waals surface area contributed by atoms with Crippen molar-refractivity contribution in [3.63, 3.8) is 0 Å². The van der Waals surface area contributed by atoms with Crippen molar-refractivity contribution in [3.8, 4) is 0 Å². The topological polar surface area (TPSA) is 17.3 Å². The Kier molecular flexibility index (Phi) is 2.28. The SMILES string of the molecule is Cc1cccn2cc(CC(C)C)nc12. The minimum Gasteiger partial charge on any atom is -0.307 e. The molecule has 0 saturated heterocycles. The second-order valence-electron chi connectivity index (χ2n) is 4.25. The van der Waals surface area contributed by atoms with Gasteiger partial charge >= 0.3 is 0 Å². The van der Waals surface area contributed by atoms with Crippen LogP contribution < -0.4 is 0 Å². The highest BCUT2D eigenvalue weighted by Crippen LogP contribution is 2.12. The molecule has 0 aliphatic rings. The van der Waals surface area contributed by atoms with Gasteiger partial charge in [-0.15, -0.1) is 0 Å². The fourth-order valence-corrected chi connectivity index (χ4v) is 1.72. The van der Waals surface area contributed by atoms with Crippen LogP contribution in [0.25, 0.3) is 5.65 Å². The van der Waals surface area contributed by atoms with Crippen LogP contribution in [0.4, 0.5) is 0 Å². The summed E-state index contributed by atoms with van der Waals surface area (Å²) in [5, 5.41) is 0. The van der Waals surface area contributed by atoms with Gasteiger partial charge in [0.05, 0.1) is 5.69 Å². The van der Waals surface area contributed by atoms with Crippen LogP contribution in [-0.4, -0.2) is 9.38 Å². The Morgan fingerprint density at radius 2 is 2.21 bits per heavy atom.